The summed E-state index contributed by atoms with van der Waals surface area (Å²) in [7, 11) is 0. The maximum Gasteiger partial charge on any atom is 0.311 e. The van der Waals surface area contributed by atoms with Gasteiger partial charge in [0.05, 0.1) is 23.5 Å². The molecule has 0 aromatic carbocycles. The summed E-state index contributed by atoms with van der Waals surface area (Å²) in [4.78, 5) is 23.9. The quantitative estimate of drug-likeness (QED) is 0.828. The van der Waals surface area contributed by atoms with E-state index >= 15 is 0 Å². The lowest BCUT2D eigenvalue weighted by Crippen LogP contribution is -2.50. The summed E-state index contributed by atoms with van der Waals surface area (Å²) in [5.41, 5.74) is -0.840. The highest BCUT2D eigenvalue weighted by atomic mass is 16.5. The zero-order valence-electron chi connectivity index (χ0n) is 12.7. The Labute approximate surface area is 120 Å². The summed E-state index contributed by atoms with van der Waals surface area (Å²) in [6.07, 6.45) is 2.15. The molecule has 6 unspecified atom stereocenters. The van der Waals surface area contributed by atoms with Crippen LogP contribution >= 0.6 is 0 Å². The third kappa shape index (κ3) is 2.43. The van der Waals surface area contributed by atoms with Crippen molar-refractivity contribution in [1.82, 2.24) is 5.32 Å². The Morgan fingerprint density at radius 3 is 2.40 bits per heavy atom. The Hall–Kier alpha value is -1.10. The minimum atomic E-state index is -0.840. The van der Waals surface area contributed by atoms with Crippen LogP contribution in [0.3, 0.4) is 0 Å². The van der Waals surface area contributed by atoms with E-state index in [4.69, 9.17) is 4.74 Å². The number of ether oxygens (including phenoxy) is 1. The van der Waals surface area contributed by atoms with Crippen LogP contribution in [0.25, 0.3) is 0 Å². The molecule has 20 heavy (non-hydrogen) atoms. The predicted molar refractivity (Wildman–Crippen MR) is 74.2 cm³/mol. The summed E-state index contributed by atoms with van der Waals surface area (Å²) in [6.45, 7) is 7.64. The minimum Gasteiger partial charge on any atom is -0.481 e. The maximum atomic E-state index is 12.5. The Morgan fingerprint density at radius 2 is 1.90 bits per heavy atom. The molecule has 0 spiro atoms. The van der Waals surface area contributed by atoms with Gasteiger partial charge >= 0.3 is 5.97 Å². The van der Waals surface area contributed by atoms with Crippen molar-refractivity contribution in [2.75, 3.05) is 0 Å². The normalized spacial score (nSPS) is 44.5. The number of nitrogens with one attached hydrogen (secondary N) is 1. The summed E-state index contributed by atoms with van der Waals surface area (Å²) < 4.78 is 5.69. The van der Waals surface area contributed by atoms with E-state index in [-0.39, 0.29) is 36.0 Å². The van der Waals surface area contributed by atoms with E-state index in [9.17, 15) is 14.7 Å². The van der Waals surface area contributed by atoms with E-state index in [2.05, 4.69) is 5.32 Å². The average molecular weight is 283 g/mol. The zero-order valence-corrected chi connectivity index (χ0v) is 12.7. The van der Waals surface area contributed by atoms with E-state index in [1.54, 1.807) is 6.92 Å². The highest BCUT2D eigenvalue weighted by Gasteiger charge is 2.48. The molecule has 1 aliphatic carbocycles. The Bertz CT molecular complexity index is 411. The van der Waals surface area contributed by atoms with Gasteiger partial charge in [0.25, 0.3) is 0 Å². The lowest BCUT2D eigenvalue weighted by atomic mass is 9.83. The van der Waals surface area contributed by atoms with Gasteiger partial charge in [-0.1, -0.05) is 13.3 Å². The molecule has 1 saturated heterocycles. The number of hydrogen-bond donors (Lipinski definition) is 2. The topological polar surface area (TPSA) is 75.6 Å². The average Bonchev–Trinajstić information content (AvgIpc) is 2.83. The summed E-state index contributed by atoms with van der Waals surface area (Å²) in [6, 6.07) is -0.275. The molecule has 1 saturated carbocycles. The second-order valence-corrected chi connectivity index (χ2v) is 6.61. The maximum absolute atomic E-state index is 12.5. The fraction of sp³-hybridized carbons (Fsp3) is 0.867. The van der Waals surface area contributed by atoms with Crippen molar-refractivity contribution in [2.45, 2.75) is 65.2 Å². The monoisotopic (exact) mass is 283 g/mol. The van der Waals surface area contributed by atoms with Gasteiger partial charge in [-0.15, -0.1) is 0 Å². The van der Waals surface area contributed by atoms with Crippen molar-refractivity contribution in [3.63, 3.8) is 0 Å². The lowest BCUT2D eigenvalue weighted by Gasteiger charge is -2.29. The van der Waals surface area contributed by atoms with Gasteiger partial charge < -0.3 is 15.2 Å². The van der Waals surface area contributed by atoms with Crippen LogP contribution in [0.2, 0.25) is 0 Å². The molecule has 114 valence electrons. The van der Waals surface area contributed by atoms with Gasteiger partial charge in [0.1, 0.15) is 0 Å². The van der Waals surface area contributed by atoms with E-state index in [0.29, 0.717) is 6.42 Å². The van der Waals surface area contributed by atoms with Crippen LogP contribution in [0.4, 0.5) is 0 Å². The Balaban J connectivity index is 2.07. The van der Waals surface area contributed by atoms with Crippen LogP contribution in [-0.4, -0.2) is 35.2 Å². The van der Waals surface area contributed by atoms with Crippen LogP contribution in [0.5, 0.6) is 0 Å². The molecule has 1 aliphatic heterocycles. The Morgan fingerprint density at radius 1 is 1.25 bits per heavy atom. The molecule has 0 radical (unpaired) electrons. The molecule has 0 bridgehead atoms. The molecule has 2 rings (SSSR count). The van der Waals surface area contributed by atoms with Crippen LogP contribution in [0.1, 0.15) is 47.0 Å². The van der Waals surface area contributed by atoms with Crippen molar-refractivity contribution < 1.29 is 19.4 Å². The van der Waals surface area contributed by atoms with Gasteiger partial charge in [0, 0.05) is 6.04 Å². The molecule has 1 heterocycles. The van der Waals surface area contributed by atoms with Gasteiger partial charge in [0.15, 0.2) is 0 Å². The van der Waals surface area contributed by atoms with Crippen LogP contribution in [0, 0.1) is 17.3 Å². The molecule has 2 aliphatic rings. The number of carboxylic acids is 1. The second kappa shape index (κ2) is 5.35. The molecule has 2 N–H and O–H groups in total. The number of amides is 1. The van der Waals surface area contributed by atoms with E-state index in [0.717, 1.165) is 12.8 Å². The van der Waals surface area contributed by atoms with Gasteiger partial charge in [-0.3, -0.25) is 9.59 Å². The molecule has 6 atom stereocenters. The lowest BCUT2D eigenvalue weighted by molar-refractivity contribution is -0.149. The largest absolute Gasteiger partial charge is 0.481 e. The first-order valence-electron chi connectivity index (χ1n) is 7.46. The van der Waals surface area contributed by atoms with Crippen LogP contribution < -0.4 is 5.32 Å². The first-order chi connectivity index (χ1) is 9.27. The first kappa shape index (κ1) is 15.3. The fourth-order valence-electron chi connectivity index (χ4n) is 3.64. The van der Waals surface area contributed by atoms with Gasteiger partial charge in [-0.25, -0.2) is 0 Å². The van der Waals surface area contributed by atoms with Gasteiger partial charge in [-0.2, -0.15) is 0 Å². The van der Waals surface area contributed by atoms with E-state index in [1.807, 2.05) is 20.8 Å². The van der Waals surface area contributed by atoms with Crippen LogP contribution in [-0.2, 0) is 14.3 Å². The fourth-order valence-corrected chi connectivity index (χ4v) is 3.64. The summed E-state index contributed by atoms with van der Waals surface area (Å²) >= 11 is 0. The molecule has 0 aromatic rings. The van der Waals surface area contributed by atoms with Crippen LogP contribution in [0.15, 0.2) is 0 Å². The predicted octanol–water partition coefficient (Wildman–Crippen LogP) is 1.81. The highest BCUT2D eigenvalue weighted by Crippen LogP contribution is 2.39. The minimum absolute atomic E-state index is 0.0614. The number of carbonyl (C=O) groups is 2. The number of hydrogen-bond acceptors (Lipinski definition) is 3. The number of rotatable bonds is 3. The molecule has 1 amide bonds. The second-order valence-electron chi connectivity index (χ2n) is 6.61. The van der Waals surface area contributed by atoms with E-state index in [1.165, 1.54) is 0 Å². The van der Waals surface area contributed by atoms with Crippen molar-refractivity contribution in [3.05, 3.63) is 0 Å². The van der Waals surface area contributed by atoms with Crippen molar-refractivity contribution in [3.8, 4) is 0 Å². The molecule has 2 fully saturated rings. The summed E-state index contributed by atoms with van der Waals surface area (Å²) in [5.74, 6) is -0.919. The molecular weight excluding hydrogens is 258 g/mol. The molecular formula is C15H25NO4. The van der Waals surface area contributed by atoms with E-state index < -0.39 is 11.4 Å². The molecule has 5 heteroatoms. The Kier molecular flexibility index (Phi) is 4.09. The first-order valence-corrected chi connectivity index (χ1v) is 7.46. The van der Waals surface area contributed by atoms with Gasteiger partial charge in [-0.05, 0) is 39.5 Å². The number of aliphatic carboxylic acids is 1. The third-order valence-corrected chi connectivity index (χ3v) is 5.31. The van der Waals surface area contributed by atoms with Crippen molar-refractivity contribution in [1.29, 1.82) is 0 Å². The van der Waals surface area contributed by atoms with Gasteiger partial charge in [0.2, 0.25) is 5.91 Å². The smallest absolute Gasteiger partial charge is 0.311 e. The zero-order chi connectivity index (χ0) is 15.1. The molecule has 0 aromatic heterocycles. The third-order valence-electron chi connectivity index (χ3n) is 5.31. The SMILES string of the molecule is CC1OC(C)C(C(=O)NC2CCCC2(C)C(=O)O)C1C. The molecule has 5 nitrogen and oxygen atoms in total. The number of carbonyl (C=O) groups excluding carboxylic acids is 1. The van der Waals surface area contributed by atoms with Crippen molar-refractivity contribution in [2.24, 2.45) is 17.3 Å². The summed E-state index contributed by atoms with van der Waals surface area (Å²) in [5, 5.41) is 12.4. The number of carboxylic acid groups (broad SMARTS) is 1. The van der Waals surface area contributed by atoms with Crippen molar-refractivity contribution >= 4 is 11.9 Å². The highest BCUT2D eigenvalue weighted by molar-refractivity contribution is 5.82. The standard InChI is InChI=1S/C15H25NO4/c1-8-9(2)20-10(3)12(8)13(17)16-11-6-5-7-15(11,4)14(18)19/h8-12H,5-7H2,1-4H3,(H,16,17)(H,18,19).